The number of hydrogen-bond donors (Lipinski definition) is 4. The molecule has 221 valence electrons. The van der Waals surface area contributed by atoms with Gasteiger partial charge in [0.15, 0.2) is 0 Å². The molecule has 5 heteroatoms. The Hall–Kier alpha value is 0.424. The summed E-state index contributed by atoms with van der Waals surface area (Å²) in [6.07, 6.45) is 34.5. The predicted molar refractivity (Wildman–Crippen MR) is 153 cm³/mol. The van der Waals surface area contributed by atoms with Crippen molar-refractivity contribution >= 4 is 0 Å². The Morgan fingerprint density at radius 2 is 0.324 bits per heavy atom. The molecule has 4 rings (SSSR count). The van der Waals surface area contributed by atoms with Gasteiger partial charge in [0.2, 0.25) is 0 Å². The first-order valence-corrected chi connectivity index (χ1v) is 16.3. The van der Waals surface area contributed by atoms with Crippen molar-refractivity contribution in [2.75, 3.05) is 0 Å². The minimum atomic E-state index is 0. The van der Waals surface area contributed by atoms with E-state index in [0.29, 0.717) is 0 Å². The summed E-state index contributed by atoms with van der Waals surface area (Å²) in [7, 11) is 0. The van der Waals surface area contributed by atoms with Gasteiger partial charge in [0.1, 0.15) is 0 Å². The van der Waals surface area contributed by atoms with Crippen LogP contribution in [0.5, 0.6) is 0 Å². The van der Waals surface area contributed by atoms with Gasteiger partial charge in [-0.1, -0.05) is 128 Å². The molecule has 0 aromatic heterocycles. The molecule has 4 N–H and O–H groups in total. The summed E-state index contributed by atoms with van der Waals surface area (Å²) in [5, 5.41) is 36.9. The maximum absolute atomic E-state index is 9.21. The molecule has 0 aromatic carbocycles. The fraction of sp³-hybridized carbons (Fsp3) is 1.00. The quantitative estimate of drug-likeness (QED) is 0.239. The van der Waals surface area contributed by atoms with Crippen molar-refractivity contribution in [1.29, 1.82) is 0 Å². The van der Waals surface area contributed by atoms with Crippen molar-refractivity contribution in [1.82, 2.24) is 0 Å². The summed E-state index contributed by atoms with van der Waals surface area (Å²) in [6, 6.07) is 0. The molecule has 0 bridgehead atoms. The summed E-state index contributed by atoms with van der Waals surface area (Å²) in [6.45, 7) is 0. The summed E-state index contributed by atoms with van der Waals surface area (Å²) in [5.41, 5.74) is 0. The second-order valence-corrected chi connectivity index (χ2v) is 12.0. The molecule has 4 aliphatic carbocycles. The van der Waals surface area contributed by atoms with E-state index in [1.54, 1.807) is 0 Å². The van der Waals surface area contributed by atoms with Gasteiger partial charge in [-0.3, -0.25) is 0 Å². The molecule has 0 spiro atoms. The molecule has 4 saturated carbocycles. The molecule has 0 amide bonds. The van der Waals surface area contributed by atoms with Crippen LogP contribution in [0.2, 0.25) is 0 Å². The zero-order chi connectivity index (χ0) is 26.1. The van der Waals surface area contributed by atoms with Crippen molar-refractivity contribution in [2.24, 2.45) is 0 Å². The molecule has 0 aliphatic heterocycles. The van der Waals surface area contributed by atoms with Crippen molar-refractivity contribution in [3.63, 3.8) is 0 Å². The third kappa shape index (κ3) is 26.4. The van der Waals surface area contributed by atoms with Gasteiger partial charge < -0.3 is 20.4 Å². The molecule has 4 fully saturated rings. The summed E-state index contributed by atoms with van der Waals surface area (Å²) in [4.78, 5) is 0. The Balaban J connectivity index is 0.000000463. The summed E-state index contributed by atoms with van der Waals surface area (Å²) in [5.74, 6) is 0. The van der Waals surface area contributed by atoms with Gasteiger partial charge >= 0.3 is 0 Å². The smallest absolute Gasteiger partial charge is 0.0540 e. The van der Waals surface area contributed by atoms with E-state index in [9.17, 15) is 20.4 Å². The van der Waals surface area contributed by atoms with E-state index in [0.717, 1.165) is 51.4 Å². The Bertz CT molecular complexity index is 339. The van der Waals surface area contributed by atoms with Crippen LogP contribution in [0.25, 0.3) is 0 Å². The topological polar surface area (TPSA) is 80.9 Å². The van der Waals surface area contributed by atoms with Crippen LogP contribution < -0.4 is 0 Å². The van der Waals surface area contributed by atoms with E-state index in [1.807, 2.05) is 0 Å². The predicted octanol–water partition coefficient (Wildman–Crippen LogP) is 8.36. The second kappa shape index (κ2) is 28.0. The van der Waals surface area contributed by atoms with Gasteiger partial charge in [-0.25, -0.2) is 0 Å². The van der Waals surface area contributed by atoms with E-state index in [4.69, 9.17) is 0 Å². The molecule has 37 heavy (non-hydrogen) atoms. The standard InChI is InChI=1S/4C8H16O.V/c4*9-8-6-4-2-1-3-5-7-8;/h4*8-9H,1-7H2;. The number of rotatable bonds is 0. The number of aliphatic hydroxyl groups excluding tert-OH is 4. The van der Waals surface area contributed by atoms with Crippen LogP contribution in [-0.4, -0.2) is 44.8 Å². The van der Waals surface area contributed by atoms with Crippen molar-refractivity contribution < 1.29 is 39.0 Å². The minimum Gasteiger partial charge on any atom is -0.393 e. The van der Waals surface area contributed by atoms with E-state index in [1.165, 1.54) is 128 Å². The number of hydrogen-bond acceptors (Lipinski definition) is 4. The molecule has 1 radical (unpaired) electrons. The Morgan fingerprint density at radius 3 is 0.459 bits per heavy atom. The zero-order valence-electron chi connectivity index (χ0n) is 24.3. The van der Waals surface area contributed by atoms with Crippen LogP contribution in [0, 0.1) is 0 Å². The molecule has 0 aromatic rings. The maximum atomic E-state index is 9.21. The molecule has 4 nitrogen and oxygen atoms in total. The second-order valence-electron chi connectivity index (χ2n) is 12.0. The van der Waals surface area contributed by atoms with E-state index in [2.05, 4.69) is 0 Å². The molecule has 0 unspecified atom stereocenters. The van der Waals surface area contributed by atoms with Crippen LogP contribution in [0.4, 0.5) is 0 Å². The fourth-order valence-electron chi connectivity index (χ4n) is 5.74. The molecular weight excluding hydrogens is 499 g/mol. The van der Waals surface area contributed by atoms with E-state index >= 15 is 0 Å². The third-order valence-electron chi connectivity index (χ3n) is 8.30. The van der Waals surface area contributed by atoms with Crippen molar-refractivity contribution in [2.45, 2.75) is 204 Å². The van der Waals surface area contributed by atoms with Gasteiger partial charge in [0.25, 0.3) is 0 Å². The van der Waals surface area contributed by atoms with Crippen molar-refractivity contribution in [3.05, 3.63) is 0 Å². The average Bonchev–Trinajstić information content (AvgIpc) is 2.80. The van der Waals surface area contributed by atoms with Crippen LogP contribution in [0.3, 0.4) is 0 Å². The Labute approximate surface area is 242 Å². The van der Waals surface area contributed by atoms with Crippen LogP contribution in [-0.2, 0) is 18.6 Å². The summed E-state index contributed by atoms with van der Waals surface area (Å²) >= 11 is 0. The van der Waals surface area contributed by atoms with Gasteiger partial charge in [0.05, 0.1) is 24.4 Å². The van der Waals surface area contributed by atoms with Crippen LogP contribution in [0.1, 0.15) is 180 Å². The Morgan fingerprint density at radius 1 is 0.216 bits per heavy atom. The summed E-state index contributed by atoms with van der Waals surface area (Å²) < 4.78 is 0. The van der Waals surface area contributed by atoms with E-state index in [-0.39, 0.29) is 43.0 Å². The van der Waals surface area contributed by atoms with Crippen molar-refractivity contribution in [3.8, 4) is 0 Å². The normalized spacial score (nSPS) is 24.3. The van der Waals surface area contributed by atoms with Gasteiger partial charge in [-0.2, -0.15) is 0 Å². The first-order valence-electron chi connectivity index (χ1n) is 16.3. The first-order chi connectivity index (χ1) is 17.6. The maximum Gasteiger partial charge on any atom is 0.0540 e. The third-order valence-corrected chi connectivity index (χ3v) is 8.30. The van der Waals surface area contributed by atoms with E-state index < -0.39 is 0 Å². The van der Waals surface area contributed by atoms with Gasteiger partial charge in [-0.05, 0) is 51.4 Å². The van der Waals surface area contributed by atoms with Gasteiger partial charge in [0, 0.05) is 18.6 Å². The number of aliphatic hydroxyl groups is 4. The monoisotopic (exact) mass is 563 g/mol. The molecule has 4 aliphatic rings. The molecule has 0 atom stereocenters. The largest absolute Gasteiger partial charge is 0.393 e. The Kier molecular flexibility index (Phi) is 28.3. The molecule has 0 saturated heterocycles. The zero-order valence-corrected chi connectivity index (χ0v) is 25.7. The molecular formula is C32H64O4V. The fourth-order valence-corrected chi connectivity index (χ4v) is 5.74. The van der Waals surface area contributed by atoms with Crippen LogP contribution >= 0.6 is 0 Å². The minimum absolute atomic E-state index is 0. The molecule has 0 heterocycles. The first kappa shape index (κ1) is 37.4. The van der Waals surface area contributed by atoms with Gasteiger partial charge in [-0.15, -0.1) is 0 Å². The average molecular weight is 564 g/mol. The van der Waals surface area contributed by atoms with Crippen LogP contribution in [0.15, 0.2) is 0 Å². The SMILES string of the molecule is OC1CCCCCCC1.OC1CCCCCCC1.OC1CCCCCCC1.OC1CCCCCCC1.[V].